The molecule has 0 unspecified atom stereocenters. The molecule has 104 valence electrons. The summed E-state index contributed by atoms with van der Waals surface area (Å²) in [5.74, 6) is -0.354. The van der Waals surface area contributed by atoms with Gasteiger partial charge < -0.3 is 19.4 Å². The van der Waals surface area contributed by atoms with Crippen molar-refractivity contribution in [3.8, 4) is 0 Å². The van der Waals surface area contributed by atoms with Gasteiger partial charge in [-0.3, -0.25) is 9.59 Å². The highest BCUT2D eigenvalue weighted by molar-refractivity contribution is 5.92. The van der Waals surface area contributed by atoms with Crippen LogP contribution in [0.1, 0.15) is 23.1 Å². The largest absolute Gasteiger partial charge is 0.466 e. The van der Waals surface area contributed by atoms with Gasteiger partial charge in [0.15, 0.2) is 0 Å². The summed E-state index contributed by atoms with van der Waals surface area (Å²) in [6.45, 7) is 4.47. The Morgan fingerprint density at radius 3 is 2.79 bits per heavy atom. The summed E-state index contributed by atoms with van der Waals surface area (Å²) in [6.07, 6.45) is 0.157. The Bertz CT molecular complexity index is 449. The highest BCUT2D eigenvalue weighted by Gasteiger charge is 2.20. The first-order valence-corrected chi connectivity index (χ1v) is 6.41. The number of esters is 1. The number of nitrogens with zero attached hydrogens (tertiary/aromatic N) is 1. The molecule has 0 aliphatic carbocycles. The molecule has 1 aromatic heterocycles. The van der Waals surface area contributed by atoms with E-state index in [0.29, 0.717) is 44.3 Å². The van der Waals surface area contributed by atoms with Crippen LogP contribution in [0, 0.1) is 0 Å². The average Bonchev–Trinajstić information content (AvgIpc) is 2.87. The van der Waals surface area contributed by atoms with Gasteiger partial charge >= 0.3 is 5.97 Å². The topological polar surface area (TPSA) is 71.6 Å². The first-order valence-electron chi connectivity index (χ1n) is 6.41. The molecule has 0 atom stereocenters. The zero-order valence-corrected chi connectivity index (χ0v) is 11.0. The molecule has 0 spiro atoms. The molecule has 1 aromatic rings. The number of ether oxygens (including phenoxy) is 2. The third kappa shape index (κ3) is 3.57. The second-order valence-electron chi connectivity index (χ2n) is 4.28. The van der Waals surface area contributed by atoms with Gasteiger partial charge in [0.2, 0.25) is 0 Å². The van der Waals surface area contributed by atoms with E-state index >= 15 is 0 Å². The number of aromatic nitrogens is 1. The molecule has 1 saturated heterocycles. The summed E-state index contributed by atoms with van der Waals surface area (Å²) in [6, 6.07) is 3.44. The van der Waals surface area contributed by atoms with E-state index in [9.17, 15) is 9.59 Å². The van der Waals surface area contributed by atoms with E-state index in [2.05, 4.69) is 4.98 Å². The van der Waals surface area contributed by atoms with Crippen molar-refractivity contribution in [2.45, 2.75) is 13.3 Å². The molecule has 1 N–H and O–H groups in total. The molecule has 1 aliphatic heterocycles. The van der Waals surface area contributed by atoms with Crippen LogP contribution in [0.3, 0.4) is 0 Å². The van der Waals surface area contributed by atoms with Crippen LogP contribution >= 0.6 is 0 Å². The lowest BCUT2D eigenvalue weighted by Crippen LogP contribution is -2.40. The van der Waals surface area contributed by atoms with E-state index < -0.39 is 0 Å². The van der Waals surface area contributed by atoms with Gasteiger partial charge in [0.1, 0.15) is 5.69 Å². The maximum Gasteiger partial charge on any atom is 0.311 e. The average molecular weight is 266 g/mol. The molecule has 19 heavy (non-hydrogen) atoms. The highest BCUT2D eigenvalue weighted by atomic mass is 16.5. The summed E-state index contributed by atoms with van der Waals surface area (Å²) in [4.78, 5) is 28.2. The van der Waals surface area contributed by atoms with Crippen LogP contribution in [0.25, 0.3) is 0 Å². The number of H-pyrrole nitrogens is 1. The quantitative estimate of drug-likeness (QED) is 0.810. The Morgan fingerprint density at radius 2 is 2.11 bits per heavy atom. The first-order chi connectivity index (χ1) is 9.20. The smallest absolute Gasteiger partial charge is 0.311 e. The van der Waals surface area contributed by atoms with E-state index in [4.69, 9.17) is 9.47 Å². The van der Waals surface area contributed by atoms with Crippen LogP contribution in [0.4, 0.5) is 0 Å². The second kappa shape index (κ2) is 6.38. The van der Waals surface area contributed by atoms with Crippen molar-refractivity contribution in [3.05, 3.63) is 23.5 Å². The SMILES string of the molecule is CCOC(=O)Cc1ccc(C(=O)N2CCOCC2)[nH]1. The summed E-state index contributed by atoms with van der Waals surface area (Å²) >= 11 is 0. The van der Waals surface area contributed by atoms with Gasteiger partial charge in [-0.15, -0.1) is 0 Å². The lowest BCUT2D eigenvalue weighted by Gasteiger charge is -2.26. The Morgan fingerprint density at radius 1 is 1.37 bits per heavy atom. The standard InChI is InChI=1S/C13H18N2O4/c1-2-19-12(16)9-10-3-4-11(14-10)13(17)15-5-7-18-8-6-15/h3-4,14H,2,5-9H2,1H3. The summed E-state index contributed by atoms with van der Waals surface area (Å²) in [5, 5.41) is 0. The minimum atomic E-state index is -0.297. The molecule has 2 rings (SSSR count). The first kappa shape index (κ1) is 13.6. The number of morpholine rings is 1. The van der Waals surface area contributed by atoms with Crippen LogP contribution in [0.5, 0.6) is 0 Å². The zero-order chi connectivity index (χ0) is 13.7. The molecule has 6 nitrogen and oxygen atoms in total. The van der Waals surface area contributed by atoms with Gasteiger partial charge in [0, 0.05) is 18.8 Å². The van der Waals surface area contributed by atoms with Gasteiger partial charge in [-0.05, 0) is 19.1 Å². The fourth-order valence-electron chi connectivity index (χ4n) is 1.97. The van der Waals surface area contributed by atoms with Crippen LogP contribution in [0.2, 0.25) is 0 Å². The number of nitrogens with one attached hydrogen (secondary N) is 1. The van der Waals surface area contributed by atoms with Crippen molar-refractivity contribution in [1.29, 1.82) is 0 Å². The monoisotopic (exact) mass is 266 g/mol. The van der Waals surface area contributed by atoms with Crippen molar-refractivity contribution < 1.29 is 19.1 Å². The Labute approximate surface area is 111 Å². The molecule has 1 amide bonds. The third-order valence-electron chi connectivity index (χ3n) is 2.92. The van der Waals surface area contributed by atoms with E-state index in [1.807, 2.05) is 0 Å². The Hall–Kier alpha value is -1.82. The lowest BCUT2D eigenvalue weighted by molar-refractivity contribution is -0.142. The number of rotatable bonds is 4. The van der Waals surface area contributed by atoms with Gasteiger partial charge in [0.25, 0.3) is 5.91 Å². The Kier molecular flexibility index (Phi) is 4.57. The summed E-state index contributed by atoms with van der Waals surface area (Å²) in [5.41, 5.74) is 1.19. The van der Waals surface area contributed by atoms with Crippen LogP contribution in [-0.2, 0) is 20.7 Å². The molecular formula is C13H18N2O4. The minimum Gasteiger partial charge on any atom is -0.466 e. The van der Waals surface area contributed by atoms with Crippen LogP contribution < -0.4 is 0 Å². The van der Waals surface area contributed by atoms with Crippen molar-refractivity contribution in [1.82, 2.24) is 9.88 Å². The molecule has 0 aromatic carbocycles. The number of hydrogen-bond acceptors (Lipinski definition) is 4. The predicted octanol–water partition coefficient (Wildman–Crippen LogP) is 0.593. The van der Waals surface area contributed by atoms with E-state index in [-0.39, 0.29) is 18.3 Å². The lowest BCUT2D eigenvalue weighted by atomic mass is 10.3. The van der Waals surface area contributed by atoms with Gasteiger partial charge in [-0.2, -0.15) is 0 Å². The molecule has 6 heteroatoms. The zero-order valence-electron chi connectivity index (χ0n) is 11.0. The van der Waals surface area contributed by atoms with Gasteiger partial charge in [0.05, 0.1) is 26.2 Å². The second-order valence-corrected chi connectivity index (χ2v) is 4.28. The van der Waals surface area contributed by atoms with Gasteiger partial charge in [-0.1, -0.05) is 0 Å². The van der Waals surface area contributed by atoms with Crippen LogP contribution in [0.15, 0.2) is 12.1 Å². The van der Waals surface area contributed by atoms with Crippen molar-refractivity contribution >= 4 is 11.9 Å². The number of aromatic amines is 1. The molecule has 0 saturated carbocycles. The Balaban J connectivity index is 1.95. The number of carbonyl (C=O) groups is 2. The molecule has 0 bridgehead atoms. The van der Waals surface area contributed by atoms with Crippen molar-refractivity contribution in [2.24, 2.45) is 0 Å². The fourth-order valence-corrected chi connectivity index (χ4v) is 1.97. The highest BCUT2D eigenvalue weighted by Crippen LogP contribution is 2.09. The molecule has 0 radical (unpaired) electrons. The van der Waals surface area contributed by atoms with Crippen molar-refractivity contribution in [3.63, 3.8) is 0 Å². The van der Waals surface area contributed by atoms with Crippen LogP contribution in [-0.4, -0.2) is 54.7 Å². The molecule has 1 aliphatic rings. The van der Waals surface area contributed by atoms with E-state index in [1.54, 1.807) is 24.0 Å². The third-order valence-corrected chi connectivity index (χ3v) is 2.92. The maximum absolute atomic E-state index is 12.1. The maximum atomic E-state index is 12.1. The minimum absolute atomic E-state index is 0.0570. The fraction of sp³-hybridized carbons (Fsp3) is 0.538. The molecular weight excluding hydrogens is 248 g/mol. The molecule has 1 fully saturated rings. The molecule has 2 heterocycles. The van der Waals surface area contributed by atoms with Gasteiger partial charge in [-0.25, -0.2) is 0 Å². The van der Waals surface area contributed by atoms with E-state index in [0.717, 1.165) is 0 Å². The number of carbonyl (C=O) groups excluding carboxylic acids is 2. The summed E-state index contributed by atoms with van der Waals surface area (Å²) < 4.78 is 10.1. The number of amides is 1. The normalized spacial score (nSPS) is 15.3. The van der Waals surface area contributed by atoms with Crippen molar-refractivity contribution in [2.75, 3.05) is 32.9 Å². The van der Waals surface area contributed by atoms with E-state index in [1.165, 1.54) is 0 Å². The predicted molar refractivity (Wildman–Crippen MR) is 67.9 cm³/mol. The number of hydrogen-bond donors (Lipinski definition) is 1. The summed E-state index contributed by atoms with van der Waals surface area (Å²) in [7, 11) is 0.